The highest BCUT2D eigenvalue weighted by atomic mass is 79.9. The van der Waals surface area contributed by atoms with Crippen LogP contribution in [0.15, 0.2) is 40.9 Å². The molecule has 0 unspecified atom stereocenters. The van der Waals surface area contributed by atoms with Crippen LogP contribution in [0.4, 0.5) is 11.4 Å². The molecule has 27 heavy (non-hydrogen) atoms. The highest BCUT2D eigenvalue weighted by Crippen LogP contribution is 2.36. The standard InChI is InChI=1S/C20H20BrClN2O3/c1-2-27-20-16(21)11-14(22)12-17(20)23-18(25)10-13-5-7-15(8-6-13)24-9-3-4-19(24)26/h5-8,11-12H,2-4,9-10H2,1H3,(H,23,25). The minimum Gasteiger partial charge on any atom is -0.491 e. The number of amides is 2. The number of carbonyl (C=O) groups is 2. The van der Waals surface area contributed by atoms with E-state index in [-0.39, 0.29) is 18.2 Å². The van der Waals surface area contributed by atoms with Crippen molar-refractivity contribution in [2.24, 2.45) is 0 Å². The molecule has 0 spiro atoms. The normalized spacial score (nSPS) is 13.7. The second kappa shape index (κ2) is 8.76. The van der Waals surface area contributed by atoms with Crippen LogP contribution >= 0.6 is 27.5 Å². The van der Waals surface area contributed by atoms with Gasteiger partial charge in [-0.3, -0.25) is 9.59 Å². The lowest BCUT2D eigenvalue weighted by atomic mass is 10.1. The molecule has 0 saturated carbocycles. The summed E-state index contributed by atoms with van der Waals surface area (Å²) in [7, 11) is 0. The Morgan fingerprint density at radius 3 is 2.67 bits per heavy atom. The molecule has 0 aliphatic carbocycles. The number of hydrogen-bond donors (Lipinski definition) is 1. The molecule has 1 aliphatic rings. The summed E-state index contributed by atoms with van der Waals surface area (Å²) in [6, 6.07) is 10.9. The number of nitrogens with one attached hydrogen (secondary N) is 1. The van der Waals surface area contributed by atoms with Gasteiger partial charge < -0.3 is 15.0 Å². The molecule has 0 atom stereocenters. The first-order valence-electron chi connectivity index (χ1n) is 8.79. The molecule has 1 heterocycles. The Labute approximate surface area is 171 Å². The summed E-state index contributed by atoms with van der Waals surface area (Å²) in [6.07, 6.45) is 1.70. The van der Waals surface area contributed by atoms with Gasteiger partial charge in [-0.1, -0.05) is 23.7 Å². The van der Waals surface area contributed by atoms with Gasteiger partial charge >= 0.3 is 0 Å². The summed E-state index contributed by atoms with van der Waals surface area (Å²) in [5, 5.41) is 3.36. The van der Waals surface area contributed by atoms with Crippen LogP contribution in [-0.4, -0.2) is 25.0 Å². The van der Waals surface area contributed by atoms with Crippen LogP contribution in [0.25, 0.3) is 0 Å². The lowest BCUT2D eigenvalue weighted by molar-refractivity contribution is -0.117. The van der Waals surface area contributed by atoms with Crippen LogP contribution in [0, 0.1) is 0 Å². The lowest BCUT2D eigenvalue weighted by Crippen LogP contribution is -2.23. The van der Waals surface area contributed by atoms with Gasteiger partial charge in [0.2, 0.25) is 11.8 Å². The Hall–Kier alpha value is -2.05. The van der Waals surface area contributed by atoms with Crippen LogP contribution < -0.4 is 15.0 Å². The molecule has 1 aliphatic heterocycles. The maximum absolute atomic E-state index is 12.5. The van der Waals surface area contributed by atoms with E-state index in [0.717, 1.165) is 24.2 Å². The first kappa shape index (κ1) is 19.7. The molecular weight excluding hydrogens is 432 g/mol. The predicted octanol–water partition coefficient (Wildman–Crippen LogP) is 4.81. The van der Waals surface area contributed by atoms with Crippen molar-refractivity contribution in [3.05, 3.63) is 51.5 Å². The monoisotopic (exact) mass is 450 g/mol. The van der Waals surface area contributed by atoms with E-state index in [0.29, 0.717) is 34.0 Å². The maximum atomic E-state index is 12.5. The quantitative estimate of drug-likeness (QED) is 0.686. The smallest absolute Gasteiger partial charge is 0.228 e. The SMILES string of the molecule is CCOc1c(Br)cc(Cl)cc1NC(=O)Cc1ccc(N2CCCC2=O)cc1. The molecule has 0 bridgehead atoms. The summed E-state index contributed by atoms with van der Waals surface area (Å²) in [6.45, 7) is 3.10. The van der Waals surface area contributed by atoms with Gasteiger partial charge in [0.25, 0.3) is 0 Å². The van der Waals surface area contributed by atoms with Gasteiger partial charge in [-0.25, -0.2) is 0 Å². The van der Waals surface area contributed by atoms with E-state index in [1.54, 1.807) is 17.0 Å². The number of hydrogen-bond acceptors (Lipinski definition) is 3. The number of anilines is 2. The van der Waals surface area contributed by atoms with Gasteiger partial charge in [0, 0.05) is 23.7 Å². The molecule has 2 aromatic rings. The Morgan fingerprint density at radius 2 is 2.04 bits per heavy atom. The Bertz CT molecular complexity index is 855. The third kappa shape index (κ3) is 4.82. The average Bonchev–Trinajstić information content (AvgIpc) is 3.04. The fraction of sp³-hybridized carbons (Fsp3) is 0.300. The van der Waals surface area contributed by atoms with E-state index < -0.39 is 0 Å². The molecular formula is C20H20BrClN2O3. The molecule has 2 amide bonds. The summed E-state index contributed by atoms with van der Waals surface area (Å²) < 4.78 is 6.29. The molecule has 5 nitrogen and oxygen atoms in total. The van der Waals surface area contributed by atoms with Crippen molar-refractivity contribution in [2.45, 2.75) is 26.2 Å². The first-order valence-corrected chi connectivity index (χ1v) is 9.96. The molecule has 1 saturated heterocycles. The number of carbonyl (C=O) groups excluding carboxylic acids is 2. The fourth-order valence-electron chi connectivity index (χ4n) is 3.04. The zero-order chi connectivity index (χ0) is 19.4. The first-order chi connectivity index (χ1) is 13.0. The van der Waals surface area contributed by atoms with E-state index in [1.165, 1.54) is 0 Å². The third-order valence-electron chi connectivity index (χ3n) is 4.26. The number of halogens is 2. The van der Waals surface area contributed by atoms with Gasteiger partial charge in [0.1, 0.15) is 0 Å². The summed E-state index contributed by atoms with van der Waals surface area (Å²) in [5.41, 5.74) is 2.27. The minimum absolute atomic E-state index is 0.149. The molecule has 2 aromatic carbocycles. The highest BCUT2D eigenvalue weighted by molar-refractivity contribution is 9.10. The molecule has 0 radical (unpaired) electrons. The van der Waals surface area contributed by atoms with Crippen molar-refractivity contribution < 1.29 is 14.3 Å². The number of benzene rings is 2. The number of ether oxygens (including phenoxy) is 1. The Kier molecular flexibility index (Phi) is 6.39. The number of nitrogens with zero attached hydrogens (tertiary/aromatic N) is 1. The predicted molar refractivity (Wildman–Crippen MR) is 111 cm³/mol. The van der Waals surface area contributed by atoms with E-state index in [2.05, 4.69) is 21.2 Å². The molecule has 1 fully saturated rings. The Balaban J connectivity index is 1.68. The van der Waals surface area contributed by atoms with Crippen LogP contribution in [-0.2, 0) is 16.0 Å². The van der Waals surface area contributed by atoms with Crippen molar-refractivity contribution in [1.82, 2.24) is 0 Å². The van der Waals surface area contributed by atoms with E-state index in [4.69, 9.17) is 16.3 Å². The second-order valence-corrected chi connectivity index (χ2v) is 7.53. The minimum atomic E-state index is -0.171. The summed E-state index contributed by atoms with van der Waals surface area (Å²) in [5.74, 6) is 0.531. The van der Waals surface area contributed by atoms with E-state index in [1.807, 2.05) is 31.2 Å². The molecule has 142 valence electrons. The third-order valence-corrected chi connectivity index (χ3v) is 5.06. The number of rotatable bonds is 6. The van der Waals surface area contributed by atoms with E-state index in [9.17, 15) is 9.59 Å². The Morgan fingerprint density at radius 1 is 1.30 bits per heavy atom. The summed E-state index contributed by atoms with van der Waals surface area (Å²) in [4.78, 5) is 26.1. The molecule has 3 rings (SSSR count). The van der Waals surface area contributed by atoms with Crippen LogP contribution in [0.3, 0.4) is 0 Å². The van der Waals surface area contributed by atoms with Gasteiger partial charge in [-0.15, -0.1) is 0 Å². The second-order valence-electron chi connectivity index (χ2n) is 6.24. The van der Waals surface area contributed by atoms with Crippen molar-refractivity contribution in [3.63, 3.8) is 0 Å². The summed E-state index contributed by atoms with van der Waals surface area (Å²) >= 11 is 9.50. The lowest BCUT2D eigenvalue weighted by Gasteiger charge is -2.16. The topological polar surface area (TPSA) is 58.6 Å². The van der Waals surface area contributed by atoms with Crippen LogP contribution in [0.5, 0.6) is 5.75 Å². The average molecular weight is 452 g/mol. The highest BCUT2D eigenvalue weighted by Gasteiger charge is 2.21. The van der Waals surface area contributed by atoms with Crippen molar-refractivity contribution in [2.75, 3.05) is 23.4 Å². The van der Waals surface area contributed by atoms with Gasteiger partial charge in [-0.2, -0.15) is 0 Å². The van der Waals surface area contributed by atoms with Crippen molar-refractivity contribution >= 4 is 50.7 Å². The van der Waals surface area contributed by atoms with Crippen molar-refractivity contribution in [3.8, 4) is 5.75 Å². The molecule has 7 heteroatoms. The zero-order valence-electron chi connectivity index (χ0n) is 14.9. The van der Waals surface area contributed by atoms with E-state index >= 15 is 0 Å². The van der Waals surface area contributed by atoms with Crippen LogP contribution in [0.2, 0.25) is 5.02 Å². The van der Waals surface area contributed by atoms with Gasteiger partial charge in [0.05, 0.1) is 23.2 Å². The van der Waals surface area contributed by atoms with Crippen LogP contribution in [0.1, 0.15) is 25.3 Å². The zero-order valence-corrected chi connectivity index (χ0v) is 17.3. The van der Waals surface area contributed by atoms with Gasteiger partial charge in [-0.05, 0) is 59.1 Å². The largest absolute Gasteiger partial charge is 0.491 e. The molecule has 1 N–H and O–H groups in total. The maximum Gasteiger partial charge on any atom is 0.228 e. The fourth-order valence-corrected chi connectivity index (χ4v) is 3.96. The van der Waals surface area contributed by atoms with Gasteiger partial charge in [0.15, 0.2) is 5.75 Å². The molecule has 0 aromatic heterocycles. The van der Waals surface area contributed by atoms with Crippen molar-refractivity contribution in [1.29, 1.82) is 0 Å².